The van der Waals surface area contributed by atoms with Crippen molar-refractivity contribution in [2.24, 2.45) is 5.92 Å². The summed E-state index contributed by atoms with van der Waals surface area (Å²) < 4.78 is 11.3. The van der Waals surface area contributed by atoms with Gasteiger partial charge in [0.05, 0.1) is 19.3 Å². The number of fused-ring (bicyclic) bond motifs is 3. The minimum Gasteiger partial charge on any atom is -0.493 e. The molecule has 0 aromatic carbocycles. The van der Waals surface area contributed by atoms with Gasteiger partial charge in [-0.2, -0.15) is 0 Å². The lowest BCUT2D eigenvalue weighted by Gasteiger charge is -2.30. The quantitative estimate of drug-likeness (QED) is 0.848. The molecule has 0 saturated carbocycles. The SMILES string of the molecule is CCOc1cc(C(=O)N2CCCCCCC3CCC2COC3)ncc1C(=O)O. The molecule has 154 valence electrons. The lowest BCUT2D eigenvalue weighted by molar-refractivity contribution is 0.0433. The van der Waals surface area contributed by atoms with Crippen LogP contribution in [0.1, 0.15) is 72.7 Å². The Bertz CT molecular complexity index is 693. The summed E-state index contributed by atoms with van der Waals surface area (Å²) in [6, 6.07) is 1.49. The Hall–Kier alpha value is -2.15. The molecule has 2 fully saturated rings. The first-order valence-electron chi connectivity index (χ1n) is 10.3. The van der Waals surface area contributed by atoms with Gasteiger partial charge >= 0.3 is 5.97 Å². The van der Waals surface area contributed by atoms with Crippen LogP contribution in [-0.2, 0) is 4.74 Å². The van der Waals surface area contributed by atoms with Crippen molar-refractivity contribution in [3.05, 3.63) is 23.5 Å². The topological polar surface area (TPSA) is 89.0 Å². The molecule has 2 unspecified atom stereocenters. The molecule has 1 amide bonds. The molecular weight excluding hydrogens is 360 g/mol. The fourth-order valence-electron chi connectivity index (χ4n) is 4.09. The summed E-state index contributed by atoms with van der Waals surface area (Å²) in [5.74, 6) is -0.529. The molecular formula is C21H30N2O5. The first-order chi connectivity index (χ1) is 13.6. The first kappa shape index (κ1) is 20.6. The highest BCUT2D eigenvalue weighted by molar-refractivity contribution is 5.95. The van der Waals surface area contributed by atoms with Crippen molar-refractivity contribution in [2.75, 3.05) is 26.4 Å². The van der Waals surface area contributed by atoms with E-state index in [2.05, 4.69) is 4.98 Å². The summed E-state index contributed by atoms with van der Waals surface area (Å²) in [4.78, 5) is 30.7. The molecule has 0 radical (unpaired) electrons. The van der Waals surface area contributed by atoms with Crippen molar-refractivity contribution >= 4 is 11.9 Å². The fraction of sp³-hybridized carbons (Fsp3) is 0.667. The zero-order chi connectivity index (χ0) is 19.9. The number of ether oxygens (including phenoxy) is 2. The van der Waals surface area contributed by atoms with E-state index in [0.717, 1.165) is 32.3 Å². The van der Waals surface area contributed by atoms with Crippen LogP contribution in [0.15, 0.2) is 12.3 Å². The molecule has 2 atom stereocenters. The number of aromatic carboxylic acids is 1. The molecule has 7 heteroatoms. The second-order valence-electron chi connectivity index (χ2n) is 7.64. The van der Waals surface area contributed by atoms with E-state index in [-0.39, 0.29) is 29.0 Å². The number of carboxylic acid groups (broad SMARTS) is 1. The fourth-order valence-corrected chi connectivity index (χ4v) is 4.09. The van der Waals surface area contributed by atoms with Crippen LogP contribution in [0.4, 0.5) is 0 Å². The van der Waals surface area contributed by atoms with Gasteiger partial charge in [-0.25, -0.2) is 9.78 Å². The van der Waals surface area contributed by atoms with Gasteiger partial charge in [0.25, 0.3) is 5.91 Å². The molecule has 1 aromatic heterocycles. The van der Waals surface area contributed by atoms with E-state index < -0.39 is 5.97 Å². The van der Waals surface area contributed by atoms with Gasteiger partial charge in [-0.3, -0.25) is 4.79 Å². The predicted molar refractivity (Wildman–Crippen MR) is 104 cm³/mol. The Labute approximate surface area is 166 Å². The molecule has 28 heavy (non-hydrogen) atoms. The molecule has 2 aliphatic rings. The van der Waals surface area contributed by atoms with Crippen LogP contribution in [0.25, 0.3) is 0 Å². The summed E-state index contributed by atoms with van der Waals surface area (Å²) in [6.45, 7) is 4.09. The van der Waals surface area contributed by atoms with E-state index in [0.29, 0.717) is 25.7 Å². The summed E-state index contributed by atoms with van der Waals surface area (Å²) in [7, 11) is 0. The van der Waals surface area contributed by atoms with Crippen LogP contribution < -0.4 is 4.74 Å². The highest BCUT2D eigenvalue weighted by Gasteiger charge is 2.30. The Balaban J connectivity index is 1.85. The molecule has 2 aliphatic heterocycles. The highest BCUT2D eigenvalue weighted by Crippen LogP contribution is 2.27. The third-order valence-electron chi connectivity index (χ3n) is 5.65. The van der Waals surface area contributed by atoms with Crippen molar-refractivity contribution in [3.8, 4) is 5.75 Å². The number of aromatic nitrogens is 1. The molecule has 0 aliphatic carbocycles. The predicted octanol–water partition coefficient (Wildman–Crippen LogP) is 3.38. The van der Waals surface area contributed by atoms with Crippen molar-refractivity contribution in [2.45, 2.75) is 57.9 Å². The van der Waals surface area contributed by atoms with Gasteiger partial charge in [0.15, 0.2) is 0 Å². The highest BCUT2D eigenvalue weighted by atomic mass is 16.5. The zero-order valence-electron chi connectivity index (χ0n) is 16.6. The third kappa shape index (κ3) is 5.01. The van der Waals surface area contributed by atoms with Gasteiger partial charge in [0, 0.05) is 25.4 Å². The molecule has 3 rings (SSSR count). The number of amides is 1. The first-order valence-corrected chi connectivity index (χ1v) is 10.3. The maximum atomic E-state index is 13.3. The second-order valence-corrected chi connectivity index (χ2v) is 7.64. The molecule has 1 N–H and O–H groups in total. The van der Waals surface area contributed by atoms with Crippen LogP contribution in [0.3, 0.4) is 0 Å². The largest absolute Gasteiger partial charge is 0.493 e. The van der Waals surface area contributed by atoms with Crippen molar-refractivity contribution in [3.63, 3.8) is 0 Å². The molecule has 7 nitrogen and oxygen atoms in total. The van der Waals surface area contributed by atoms with Gasteiger partial charge in [0.2, 0.25) is 0 Å². The van der Waals surface area contributed by atoms with Crippen LogP contribution in [0.2, 0.25) is 0 Å². The third-order valence-corrected chi connectivity index (χ3v) is 5.65. The summed E-state index contributed by atoms with van der Waals surface area (Å²) in [6.07, 6.45) is 8.90. The van der Waals surface area contributed by atoms with Crippen molar-refractivity contribution in [1.29, 1.82) is 0 Å². The molecule has 2 bridgehead atoms. The van der Waals surface area contributed by atoms with Gasteiger partial charge in [0.1, 0.15) is 17.0 Å². The number of hydrogen-bond donors (Lipinski definition) is 1. The lowest BCUT2D eigenvalue weighted by atomic mass is 9.96. The maximum Gasteiger partial charge on any atom is 0.341 e. The Kier molecular flexibility index (Phi) is 7.25. The van der Waals surface area contributed by atoms with Crippen LogP contribution in [-0.4, -0.2) is 59.3 Å². The van der Waals surface area contributed by atoms with Crippen molar-refractivity contribution < 1.29 is 24.2 Å². The van der Waals surface area contributed by atoms with Crippen LogP contribution in [0.5, 0.6) is 5.75 Å². The average Bonchev–Trinajstić information content (AvgIpc) is 2.93. The maximum absolute atomic E-state index is 13.3. The lowest BCUT2D eigenvalue weighted by Crippen LogP contribution is -2.43. The van der Waals surface area contributed by atoms with E-state index in [4.69, 9.17) is 9.47 Å². The summed E-state index contributed by atoms with van der Waals surface area (Å²) >= 11 is 0. The van der Waals surface area contributed by atoms with E-state index in [1.807, 2.05) is 4.90 Å². The van der Waals surface area contributed by atoms with E-state index in [1.165, 1.54) is 31.5 Å². The number of hydrogen-bond acceptors (Lipinski definition) is 5. The van der Waals surface area contributed by atoms with Crippen LogP contribution in [0, 0.1) is 5.92 Å². The summed E-state index contributed by atoms with van der Waals surface area (Å²) in [5, 5.41) is 9.31. The molecule has 2 saturated heterocycles. The smallest absolute Gasteiger partial charge is 0.341 e. The van der Waals surface area contributed by atoms with E-state index in [1.54, 1.807) is 6.92 Å². The standard InChI is InChI=1S/C21H30N2O5/c1-2-28-19-11-18(22-12-17(19)21(25)26)20(24)23-10-6-4-3-5-7-15-8-9-16(23)14-27-13-15/h11-12,15-16H,2-10,13-14H2,1H3,(H,25,26). The van der Waals surface area contributed by atoms with E-state index in [9.17, 15) is 14.7 Å². The van der Waals surface area contributed by atoms with E-state index >= 15 is 0 Å². The number of carboxylic acids is 1. The monoisotopic (exact) mass is 390 g/mol. The van der Waals surface area contributed by atoms with Gasteiger partial charge in [-0.1, -0.05) is 19.3 Å². The Morgan fingerprint density at radius 1 is 1.21 bits per heavy atom. The molecule has 0 spiro atoms. The minimum atomic E-state index is -1.12. The molecule has 1 aromatic rings. The van der Waals surface area contributed by atoms with Crippen molar-refractivity contribution in [1.82, 2.24) is 9.88 Å². The van der Waals surface area contributed by atoms with Gasteiger partial charge in [-0.05, 0) is 38.5 Å². The van der Waals surface area contributed by atoms with Gasteiger partial charge in [-0.15, -0.1) is 0 Å². The number of rotatable bonds is 4. The number of carbonyl (C=O) groups is 2. The number of nitrogens with zero attached hydrogens (tertiary/aromatic N) is 2. The number of pyridine rings is 1. The normalized spacial score (nSPS) is 23.5. The van der Waals surface area contributed by atoms with Crippen LogP contribution >= 0.6 is 0 Å². The Morgan fingerprint density at radius 2 is 2.04 bits per heavy atom. The number of carbonyl (C=O) groups excluding carboxylic acids is 1. The Morgan fingerprint density at radius 3 is 2.82 bits per heavy atom. The second kappa shape index (κ2) is 9.87. The molecule has 3 heterocycles. The average molecular weight is 390 g/mol. The zero-order valence-corrected chi connectivity index (χ0v) is 16.6. The minimum absolute atomic E-state index is 0.0310. The van der Waals surface area contributed by atoms with Gasteiger partial charge < -0.3 is 19.5 Å². The summed E-state index contributed by atoms with van der Waals surface area (Å²) in [5.41, 5.74) is 0.195.